The molecule has 0 aliphatic rings. The number of methoxy groups -OCH3 is 1. The van der Waals surface area contributed by atoms with Gasteiger partial charge in [0.15, 0.2) is 10.9 Å². The van der Waals surface area contributed by atoms with Crippen LogP contribution in [0.5, 0.6) is 5.75 Å². The SMILES string of the molecule is COc1ccc(C(=O)CSc2nc(=O)n3ccccc3n2)cc1. The largest absolute Gasteiger partial charge is 0.497 e. The molecule has 23 heavy (non-hydrogen) atoms. The molecular weight excluding hydrogens is 314 g/mol. The van der Waals surface area contributed by atoms with Crippen molar-refractivity contribution in [1.82, 2.24) is 14.4 Å². The maximum Gasteiger partial charge on any atom is 0.355 e. The van der Waals surface area contributed by atoms with Gasteiger partial charge in [0, 0.05) is 11.8 Å². The summed E-state index contributed by atoms with van der Waals surface area (Å²) in [7, 11) is 1.57. The number of nitrogens with zero attached hydrogens (tertiary/aromatic N) is 3. The molecule has 0 amide bonds. The van der Waals surface area contributed by atoms with Gasteiger partial charge in [-0.3, -0.25) is 9.20 Å². The van der Waals surface area contributed by atoms with E-state index < -0.39 is 5.69 Å². The van der Waals surface area contributed by atoms with E-state index in [1.807, 2.05) is 0 Å². The zero-order chi connectivity index (χ0) is 16.2. The van der Waals surface area contributed by atoms with Crippen LogP contribution in [0.25, 0.3) is 5.65 Å². The first-order valence-electron chi connectivity index (χ1n) is 6.83. The van der Waals surface area contributed by atoms with Crippen molar-refractivity contribution in [3.63, 3.8) is 0 Å². The minimum absolute atomic E-state index is 0.0606. The Kier molecular flexibility index (Phi) is 4.38. The topological polar surface area (TPSA) is 73.6 Å². The van der Waals surface area contributed by atoms with Gasteiger partial charge < -0.3 is 4.74 Å². The number of hydrogen-bond donors (Lipinski definition) is 0. The van der Waals surface area contributed by atoms with Crippen molar-refractivity contribution in [3.8, 4) is 5.75 Å². The van der Waals surface area contributed by atoms with E-state index in [2.05, 4.69) is 9.97 Å². The Hall–Kier alpha value is -2.67. The van der Waals surface area contributed by atoms with Crippen LogP contribution in [0.1, 0.15) is 10.4 Å². The van der Waals surface area contributed by atoms with Gasteiger partial charge in [0.25, 0.3) is 0 Å². The second-order valence-corrected chi connectivity index (χ2v) is 5.60. The number of Topliss-reactive ketones (excluding diaryl/α,β-unsaturated/α-hetero) is 1. The zero-order valence-corrected chi connectivity index (χ0v) is 13.1. The number of thioether (sulfide) groups is 1. The fraction of sp³-hybridized carbons (Fsp3) is 0.125. The lowest BCUT2D eigenvalue weighted by Crippen LogP contribution is -2.19. The van der Waals surface area contributed by atoms with Crippen molar-refractivity contribution in [2.45, 2.75) is 5.16 Å². The molecule has 0 radical (unpaired) electrons. The Morgan fingerprint density at radius 3 is 2.70 bits per heavy atom. The molecule has 0 atom stereocenters. The first kappa shape index (κ1) is 15.2. The van der Waals surface area contributed by atoms with Gasteiger partial charge in [-0.05, 0) is 36.4 Å². The van der Waals surface area contributed by atoms with Crippen molar-refractivity contribution < 1.29 is 9.53 Å². The Balaban J connectivity index is 1.74. The highest BCUT2D eigenvalue weighted by Crippen LogP contribution is 2.16. The lowest BCUT2D eigenvalue weighted by Gasteiger charge is -2.04. The number of fused-ring (bicyclic) bond motifs is 1. The van der Waals surface area contributed by atoms with Gasteiger partial charge >= 0.3 is 5.69 Å². The number of rotatable bonds is 5. The first-order valence-corrected chi connectivity index (χ1v) is 7.81. The summed E-state index contributed by atoms with van der Waals surface area (Å²) < 4.78 is 6.42. The molecule has 2 aromatic heterocycles. The molecule has 3 aromatic rings. The molecule has 2 heterocycles. The van der Waals surface area contributed by atoms with Crippen LogP contribution in [0.4, 0.5) is 0 Å². The van der Waals surface area contributed by atoms with E-state index in [0.29, 0.717) is 22.1 Å². The molecule has 0 fully saturated rings. The van der Waals surface area contributed by atoms with E-state index in [1.165, 1.54) is 4.40 Å². The molecule has 0 aliphatic heterocycles. The summed E-state index contributed by atoms with van der Waals surface area (Å²) in [4.78, 5) is 32.2. The number of benzene rings is 1. The van der Waals surface area contributed by atoms with Gasteiger partial charge in [-0.1, -0.05) is 17.8 Å². The number of carbonyl (C=O) groups is 1. The highest BCUT2D eigenvalue weighted by atomic mass is 32.2. The average molecular weight is 327 g/mol. The number of ketones is 1. The van der Waals surface area contributed by atoms with Crippen LogP contribution < -0.4 is 10.4 Å². The van der Waals surface area contributed by atoms with Gasteiger partial charge in [0.2, 0.25) is 0 Å². The Morgan fingerprint density at radius 2 is 1.96 bits per heavy atom. The average Bonchev–Trinajstić information content (AvgIpc) is 2.60. The van der Waals surface area contributed by atoms with Gasteiger partial charge in [-0.15, -0.1) is 0 Å². The normalized spacial score (nSPS) is 10.7. The number of hydrogen-bond acceptors (Lipinski definition) is 6. The first-order chi connectivity index (χ1) is 11.2. The van der Waals surface area contributed by atoms with Crippen LogP contribution in [0, 0.1) is 0 Å². The van der Waals surface area contributed by atoms with E-state index in [9.17, 15) is 9.59 Å². The molecule has 0 spiro atoms. The highest BCUT2D eigenvalue weighted by molar-refractivity contribution is 7.99. The van der Waals surface area contributed by atoms with E-state index in [1.54, 1.807) is 55.8 Å². The predicted molar refractivity (Wildman–Crippen MR) is 87.3 cm³/mol. The summed E-state index contributed by atoms with van der Waals surface area (Å²) in [6, 6.07) is 12.1. The molecule has 6 nitrogen and oxygen atoms in total. The van der Waals surface area contributed by atoms with Crippen molar-refractivity contribution in [3.05, 3.63) is 64.7 Å². The van der Waals surface area contributed by atoms with Crippen LogP contribution in [0.3, 0.4) is 0 Å². The van der Waals surface area contributed by atoms with Crippen LogP contribution >= 0.6 is 11.8 Å². The van der Waals surface area contributed by atoms with Gasteiger partial charge in [-0.2, -0.15) is 4.98 Å². The third kappa shape index (κ3) is 3.40. The van der Waals surface area contributed by atoms with Crippen LogP contribution in [-0.4, -0.2) is 33.0 Å². The van der Waals surface area contributed by atoms with Crippen molar-refractivity contribution in [2.75, 3.05) is 12.9 Å². The summed E-state index contributed by atoms with van der Waals surface area (Å²) in [6.07, 6.45) is 1.61. The highest BCUT2D eigenvalue weighted by Gasteiger charge is 2.10. The molecule has 0 unspecified atom stereocenters. The lowest BCUT2D eigenvalue weighted by molar-refractivity contribution is 0.102. The Bertz CT molecular complexity index is 906. The second-order valence-electron chi connectivity index (χ2n) is 4.66. The predicted octanol–water partition coefficient (Wildman–Crippen LogP) is 2.07. The van der Waals surface area contributed by atoms with Gasteiger partial charge in [0.1, 0.15) is 11.4 Å². The summed E-state index contributed by atoms with van der Waals surface area (Å²) in [6.45, 7) is 0. The summed E-state index contributed by atoms with van der Waals surface area (Å²) >= 11 is 1.15. The number of aromatic nitrogens is 3. The molecule has 1 aromatic carbocycles. The van der Waals surface area contributed by atoms with E-state index >= 15 is 0 Å². The zero-order valence-electron chi connectivity index (χ0n) is 12.3. The maximum atomic E-state index is 12.2. The van der Waals surface area contributed by atoms with E-state index in [4.69, 9.17) is 4.74 Å². The minimum Gasteiger partial charge on any atom is -0.497 e. The number of carbonyl (C=O) groups excluding carboxylic acids is 1. The van der Waals surface area contributed by atoms with E-state index in [-0.39, 0.29) is 11.5 Å². The smallest absolute Gasteiger partial charge is 0.355 e. The van der Waals surface area contributed by atoms with Crippen molar-refractivity contribution in [1.29, 1.82) is 0 Å². The third-order valence-corrected chi connectivity index (χ3v) is 4.04. The monoisotopic (exact) mass is 327 g/mol. The summed E-state index contributed by atoms with van der Waals surface area (Å²) in [5.41, 5.74) is 0.678. The molecule has 0 bridgehead atoms. The molecule has 0 saturated carbocycles. The molecular formula is C16H13N3O3S. The molecule has 0 saturated heterocycles. The third-order valence-electron chi connectivity index (χ3n) is 3.19. The quantitative estimate of drug-likeness (QED) is 0.528. The molecule has 0 aliphatic carbocycles. The van der Waals surface area contributed by atoms with Gasteiger partial charge in [0.05, 0.1) is 12.9 Å². The van der Waals surface area contributed by atoms with Crippen LogP contribution in [0.15, 0.2) is 58.6 Å². The Morgan fingerprint density at radius 1 is 1.17 bits per heavy atom. The number of pyridine rings is 1. The van der Waals surface area contributed by atoms with Crippen molar-refractivity contribution >= 4 is 23.2 Å². The van der Waals surface area contributed by atoms with E-state index in [0.717, 1.165) is 11.8 Å². The lowest BCUT2D eigenvalue weighted by atomic mass is 10.1. The summed E-state index contributed by atoms with van der Waals surface area (Å²) in [5, 5.41) is 0.295. The molecule has 116 valence electrons. The Labute approximate surface area is 136 Å². The second kappa shape index (κ2) is 6.62. The molecule has 3 rings (SSSR count). The van der Waals surface area contributed by atoms with Crippen LogP contribution in [0.2, 0.25) is 0 Å². The fourth-order valence-corrected chi connectivity index (χ4v) is 2.73. The summed E-state index contributed by atoms with van der Waals surface area (Å²) in [5.74, 6) is 0.795. The number of ether oxygens (including phenoxy) is 1. The van der Waals surface area contributed by atoms with Gasteiger partial charge in [-0.25, -0.2) is 9.78 Å². The standard InChI is InChI=1S/C16H13N3O3S/c1-22-12-7-5-11(6-8-12)13(20)10-23-15-17-14-4-2-3-9-19(14)16(21)18-15/h2-9H,10H2,1H3. The van der Waals surface area contributed by atoms with Crippen molar-refractivity contribution in [2.24, 2.45) is 0 Å². The molecule has 7 heteroatoms. The minimum atomic E-state index is -0.407. The van der Waals surface area contributed by atoms with Crippen LogP contribution in [-0.2, 0) is 0 Å². The fourth-order valence-electron chi connectivity index (χ4n) is 2.00. The molecule has 0 N–H and O–H groups in total. The maximum absolute atomic E-state index is 12.2.